The average molecular weight is 240 g/mol. The predicted octanol–water partition coefficient (Wildman–Crippen LogP) is 3.93. The maximum atomic E-state index is 2.53. The molecule has 12 heavy (non-hydrogen) atoms. The van der Waals surface area contributed by atoms with E-state index in [2.05, 4.69) is 21.4 Å². The van der Waals surface area contributed by atoms with Crippen molar-refractivity contribution in [1.82, 2.24) is 0 Å². The van der Waals surface area contributed by atoms with Gasteiger partial charge in [0.2, 0.25) is 0 Å². The van der Waals surface area contributed by atoms with Crippen molar-refractivity contribution in [3.05, 3.63) is 23.3 Å². The van der Waals surface area contributed by atoms with E-state index in [0.717, 1.165) is 3.63 Å². The summed E-state index contributed by atoms with van der Waals surface area (Å²) in [5.41, 5.74) is 3.56. The van der Waals surface area contributed by atoms with Crippen LogP contribution in [0.15, 0.2) is 23.3 Å². The van der Waals surface area contributed by atoms with Crippen LogP contribution < -0.4 is 0 Å². The number of rotatable bonds is 1. The first kappa shape index (κ1) is 8.94. The molecule has 1 atom stereocenters. The van der Waals surface area contributed by atoms with E-state index in [4.69, 9.17) is 0 Å². The summed E-state index contributed by atoms with van der Waals surface area (Å²) in [5.74, 6) is 0. The van der Waals surface area contributed by atoms with Crippen LogP contribution in [0, 0.1) is 0 Å². The van der Waals surface area contributed by atoms with Crippen LogP contribution in [0.4, 0.5) is 0 Å². The molecule has 2 rings (SSSR count). The fraction of sp³-hybridized carbons (Fsp3) is 0.636. The summed E-state index contributed by atoms with van der Waals surface area (Å²) in [6.45, 7) is 0. The first-order chi connectivity index (χ1) is 5.79. The summed E-state index contributed by atoms with van der Waals surface area (Å²) in [5, 5.41) is 0. The van der Waals surface area contributed by atoms with Crippen molar-refractivity contribution in [2.24, 2.45) is 0 Å². The van der Waals surface area contributed by atoms with E-state index in [0.29, 0.717) is 0 Å². The molecule has 0 aliphatic heterocycles. The van der Waals surface area contributed by atoms with E-state index >= 15 is 0 Å². The second-order valence-corrected chi connectivity index (χ2v) is 11.0. The summed E-state index contributed by atoms with van der Waals surface area (Å²) in [4.78, 5) is 0. The normalized spacial score (nSPS) is 27.7. The Balaban J connectivity index is 2.21. The fourth-order valence-electron chi connectivity index (χ4n) is 2.37. The second kappa shape index (κ2) is 3.62. The average Bonchev–Trinajstić information content (AvgIpc) is 2.47. The molecule has 0 spiro atoms. The van der Waals surface area contributed by atoms with Crippen LogP contribution in [0.1, 0.15) is 25.7 Å². The van der Waals surface area contributed by atoms with Crippen LogP contribution in [-0.2, 0) is 21.8 Å². The van der Waals surface area contributed by atoms with E-state index in [-0.39, 0.29) is 0 Å². The van der Waals surface area contributed by atoms with Crippen molar-refractivity contribution in [2.75, 3.05) is 0 Å². The Hall–Kier alpha value is 0.363. The molecular formula is C11H17Zr. The molecule has 0 aromatic carbocycles. The Morgan fingerprint density at radius 2 is 2.00 bits per heavy atom. The molecule has 2 aliphatic carbocycles. The molecule has 0 radical (unpaired) electrons. The third-order valence-corrected chi connectivity index (χ3v) is 7.43. The Morgan fingerprint density at radius 3 is 2.75 bits per heavy atom. The summed E-state index contributed by atoms with van der Waals surface area (Å²) < 4.78 is 6.03. The van der Waals surface area contributed by atoms with Crippen molar-refractivity contribution < 1.29 is 21.8 Å². The zero-order valence-electron chi connectivity index (χ0n) is 8.06. The van der Waals surface area contributed by atoms with Gasteiger partial charge in [0, 0.05) is 0 Å². The van der Waals surface area contributed by atoms with Gasteiger partial charge in [-0.2, -0.15) is 0 Å². The molecule has 0 aromatic rings. The Labute approximate surface area is 83.4 Å². The van der Waals surface area contributed by atoms with Crippen molar-refractivity contribution in [3.63, 3.8) is 0 Å². The monoisotopic (exact) mass is 239 g/mol. The van der Waals surface area contributed by atoms with Gasteiger partial charge in [0.25, 0.3) is 0 Å². The van der Waals surface area contributed by atoms with Gasteiger partial charge in [0.05, 0.1) is 0 Å². The molecule has 0 N–H and O–H groups in total. The molecule has 0 bridgehead atoms. The zero-order chi connectivity index (χ0) is 8.55. The molecule has 0 heterocycles. The van der Waals surface area contributed by atoms with Gasteiger partial charge in [0.1, 0.15) is 0 Å². The minimum absolute atomic E-state index is 0.975. The number of hydrogen-bond donors (Lipinski definition) is 0. The minimum atomic E-state index is -0.986. The van der Waals surface area contributed by atoms with E-state index in [1.807, 2.05) is 5.57 Å². The van der Waals surface area contributed by atoms with Gasteiger partial charge in [-0.05, 0) is 0 Å². The quantitative estimate of drug-likeness (QED) is 0.651. The molecule has 0 aromatic heterocycles. The molecule has 1 unspecified atom stereocenters. The van der Waals surface area contributed by atoms with Gasteiger partial charge in [-0.25, -0.2) is 0 Å². The van der Waals surface area contributed by atoms with Crippen molar-refractivity contribution in [1.29, 1.82) is 0 Å². The SMILES string of the molecule is [CH3][Zr]([CH3])[CH]1C=CC2=C1CCCC2. The third kappa shape index (κ3) is 1.53. The van der Waals surface area contributed by atoms with Crippen molar-refractivity contribution >= 4 is 0 Å². The van der Waals surface area contributed by atoms with Crippen molar-refractivity contribution in [2.45, 2.75) is 38.6 Å². The Morgan fingerprint density at radius 1 is 1.25 bits per heavy atom. The number of allylic oxidation sites excluding steroid dienone is 4. The van der Waals surface area contributed by atoms with Crippen molar-refractivity contribution in [3.8, 4) is 0 Å². The molecular weight excluding hydrogens is 223 g/mol. The fourth-order valence-corrected chi connectivity index (χ4v) is 6.07. The first-order valence-corrected chi connectivity index (χ1v) is 11.3. The maximum absolute atomic E-state index is 2.53. The van der Waals surface area contributed by atoms with Crippen LogP contribution in [0.25, 0.3) is 0 Å². The van der Waals surface area contributed by atoms with Gasteiger partial charge >= 0.3 is 83.6 Å². The van der Waals surface area contributed by atoms with E-state index in [1.165, 1.54) is 25.7 Å². The standard InChI is InChI=1S/C9H11.2CH3.Zr/c1-2-5-9-7-3-6-8(9)4-1;;;/h3,6-7H,1-2,4-5H2;2*1H3;. The molecule has 65 valence electrons. The van der Waals surface area contributed by atoms with Gasteiger partial charge < -0.3 is 0 Å². The van der Waals surface area contributed by atoms with Gasteiger partial charge in [-0.15, -0.1) is 0 Å². The van der Waals surface area contributed by atoms with Gasteiger partial charge in [-0.3, -0.25) is 0 Å². The van der Waals surface area contributed by atoms with E-state index in [9.17, 15) is 0 Å². The third-order valence-electron chi connectivity index (χ3n) is 3.04. The molecule has 1 heteroatoms. The molecule has 2 aliphatic rings. The number of hydrogen-bond acceptors (Lipinski definition) is 0. The predicted molar refractivity (Wildman–Crippen MR) is 50.1 cm³/mol. The van der Waals surface area contributed by atoms with E-state index in [1.54, 1.807) is 5.57 Å². The first-order valence-electron chi connectivity index (χ1n) is 4.99. The molecule has 0 nitrogen and oxygen atoms in total. The van der Waals surface area contributed by atoms with Gasteiger partial charge in [0.15, 0.2) is 0 Å². The van der Waals surface area contributed by atoms with Crippen LogP contribution in [0.2, 0.25) is 12.9 Å². The summed E-state index contributed by atoms with van der Waals surface area (Å²) in [7, 11) is 0. The Bertz CT molecular complexity index is 235. The van der Waals surface area contributed by atoms with Crippen LogP contribution in [0.5, 0.6) is 0 Å². The molecule has 0 saturated carbocycles. The summed E-state index contributed by atoms with van der Waals surface area (Å²) >= 11 is -0.986. The van der Waals surface area contributed by atoms with Crippen LogP contribution in [-0.4, -0.2) is 0 Å². The summed E-state index contributed by atoms with van der Waals surface area (Å²) in [6, 6.07) is 0. The molecule has 0 fully saturated rings. The second-order valence-electron chi connectivity index (χ2n) is 4.17. The molecule has 0 amide bonds. The summed E-state index contributed by atoms with van der Waals surface area (Å²) in [6.07, 6.45) is 10.6. The molecule has 0 saturated heterocycles. The Kier molecular flexibility index (Phi) is 2.70. The zero-order valence-corrected chi connectivity index (χ0v) is 10.5. The van der Waals surface area contributed by atoms with Crippen LogP contribution in [0.3, 0.4) is 0 Å². The van der Waals surface area contributed by atoms with Crippen LogP contribution >= 0.6 is 0 Å². The van der Waals surface area contributed by atoms with E-state index < -0.39 is 21.8 Å². The topological polar surface area (TPSA) is 0 Å². The van der Waals surface area contributed by atoms with Gasteiger partial charge in [-0.1, -0.05) is 0 Å².